The molecule has 3 aliphatic rings. The third-order valence-electron chi connectivity index (χ3n) is 6.14. The lowest BCUT2D eigenvalue weighted by atomic mass is 9.91. The number of nitrogens with one attached hydrogen (secondary N) is 1. The molecule has 2 atom stereocenters. The monoisotopic (exact) mass is 431 g/mol. The Kier molecular flexibility index (Phi) is 5.40. The van der Waals surface area contributed by atoms with Crippen LogP contribution in [0.2, 0.25) is 0 Å². The van der Waals surface area contributed by atoms with Gasteiger partial charge in [-0.25, -0.2) is 8.42 Å². The van der Waals surface area contributed by atoms with E-state index in [0.717, 1.165) is 36.2 Å². The molecule has 8 heteroatoms. The van der Waals surface area contributed by atoms with Crippen LogP contribution in [0.3, 0.4) is 0 Å². The molecule has 1 aromatic heterocycles. The average Bonchev–Trinajstić information content (AvgIpc) is 2.99. The fourth-order valence-electron chi connectivity index (χ4n) is 4.71. The fourth-order valence-corrected chi connectivity index (χ4v) is 5.51. The summed E-state index contributed by atoms with van der Waals surface area (Å²) in [6.45, 7) is 3.62. The number of sulfone groups is 1. The number of pyridine rings is 1. The minimum Gasteiger partial charge on any atom is -0.385 e. The highest BCUT2D eigenvalue weighted by Gasteiger charge is 2.39. The van der Waals surface area contributed by atoms with Gasteiger partial charge < -0.3 is 19.5 Å². The summed E-state index contributed by atoms with van der Waals surface area (Å²) < 4.78 is 31.2. The lowest BCUT2D eigenvalue weighted by molar-refractivity contribution is 0.150. The molecule has 0 saturated heterocycles. The van der Waals surface area contributed by atoms with Crippen molar-refractivity contribution >= 4 is 21.1 Å². The molecule has 1 N–H and O–H groups in total. The third kappa shape index (κ3) is 3.63. The summed E-state index contributed by atoms with van der Waals surface area (Å²) >= 11 is 0. The predicted molar refractivity (Wildman–Crippen MR) is 119 cm³/mol. The van der Waals surface area contributed by atoms with Crippen LogP contribution < -0.4 is 10.9 Å². The Morgan fingerprint density at radius 3 is 2.83 bits per heavy atom. The highest BCUT2D eigenvalue weighted by molar-refractivity contribution is 7.91. The first kappa shape index (κ1) is 20.9. The zero-order chi connectivity index (χ0) is 21.6. The van der Waals surface area contributed by atoms with E-state index in [1.54, 1.807) is 24.9 Å². The molecule has 1 aliphatic carbocycles. The van der Waals surface area contributed by atoms with E-state index in [0.29, 0.717) is 23.3 Å². The SMILES string of the molecule is COCCC(C)N1C=C2C=C(CS(C)(=O)=O)c3ccn(C)c(=O)c3C3=C2C1CCN3. The quantitative estimate of drug-likeness (QED) is 0.736. The molecule has 30 heavy (non-hydrogen) atoms. The van der Waals surface area contributed by atoms with Gasteiger partial charge in [-0.15, -0.1) is 0 Å². The summed E-state index contributed by atoms with van der Waals surface area (Å²) in [6, 6.07) is 2.29. The van der Waals surface area contributed by atoms with Crippen LogP contribution in [0.15, 0.2) is 40.5 Å². The van der Waals surface area contributed by atoms with Crippen LogP contribution in [0, 0.1) is 0 Å². The predicted octanol–water partition coefficient (Wildman–Crippen LogP) is 1.52. The molecule has 0 radical (unpaired) electrons. The van der Waals surface area contributed by atoms with Crippen molar-refractivity contribution in [3.05, 3.63) is 57.2 Å². The smallest absolute Gasteiger partial charge is 0.260 e. The van der Waals surface area contributed by atoms with E-state index in [1.165, 1.54) is 6.26 Å². The Labute approximate surface area is 177 Å². The number of hydrogen-bond donors (Lipinski definition) is 1. The topological polar surface area (TPSA) is 80.6 Å². The maximum atomic E-state index is 13.2. The van der Waals surface area contributed by atoms with Crippen molar-refractivity contribution in [2.45, 2.75) is 31.8 Å². The molecule has 7 nitrogen and oxygen atoms in total. The molecule has 0 saturated carbocycles. The van der Waals surface area contributed by atoms with Gasteiger partial charge in [0.2, 0.25) is 0 Å². The van der Waals surface area contributed by atoms with Gasteiger partial charge in [-0.05, 0) is 48.6 Å². The van der Waals surface area contributed by atoms with Gasteiger partial charge in [0.25, 0.3) is 5.56 Å². The molecular formula is C22H29N3O4S. The Morgan fingerprint density at radius 2 is 2.13 bits per heavy atom. The summed E-state index contributed by atoms with van der Waals surface area (Å²) in [5.41, 5.74) is 4.75. The first-order chi connectivity index (χ1) is 14.2. The van der Waals surface area contributed by atoms with Gasteiger partial charge in [0.1, 0.15) is 0 Å². The number of ether oxygens (including phenoxy) is 1. The van der Waals surface area contributed by atoms with Crippen LogP contribution in [0.5, 0.6) is 0 Å². The molecule has 3 heterocycles. The summed E-state index contributed by atoms with van der Waals surface area (Å²) in [5.74, 6) is -0.102. The van der Waals surface area contributed by atoms with E-state index in [9.17, 15) is 13.2 Å². The van der Waals surface area contributed by atoms with Gasteiger partial charge in [0.15, 0.2) is 9.84 Å². The second-order valence-corrected chi connectivity index (χ2v) is 10.6. The van der Waals surface area contributed by atoms with Crippen molar-refractivity contribution in [3.63, 3.8) is 0 Å². The normalized spacial score (nSPS) is 21.3. The molecule has 0 spiro atoms. The van der Waals surface area contributed by atoms with E-state index in [4.69, 9.17) is 4.74 Å². The van der Waals surface area contributed by atoms with Crippen molar-refractivity contribution in [2.75, 3.05) is 32.3 Å². The molecule has 0 aromatic carbocycles. The number of aromatic nitrogens is 1. The van der Waals surface area contributed by atoms with E-state index >= 15 is 0 Å². The fraction of sp³-hybridized carbons (Fsp3) is 0.500. The Bertz CT molecular complexity index is 1130. The van der Waals surface area contributed by atoms with E-state index in [-0.39, 0.29) is 23.4 Å². The maximum absolute atomic E-state index is 13.2. The Hall–Kier alpha value is -2.32. The number of rotatable bonds is 6. The number of nitrogens with zero attached hydrogens (tertiary/aromatic N) is 2. The lowest BCUT2D eigenvalue weighted by Gasteiger charge is -2.36. The van der Waals surface area contributed by atoms with Crippen molar-refractivity contribution in [1.29, 1.82) is 0 Å². The van der Waals surface area contributed by atoms with Gasteiger partial charge in [0, 0.05) is 57.6 Å². The largest absolute Gasteiger partial charge is 0.385 e. The van der Waals surface area contributed by atoms with E-state index in [1.807, 2.05) is 12.1 Å². The van der Waals surface area contributed by atoms with Gasteiger partial charge in [-0.1, -0.05) is 0 Å². The molecule has 162 valence electrons. The zero-order valence-electron chi connectivity index (χ0n) is 17.9. The maximum Gasteiger partial charge on any atom is 0.260 e. The molecule has 2 aliphatic heterocycles. The van der Waals surface area contributed by atoms with Crippen molar-refractivity contribution in [1.82, 2.24) is 14.8 Å². The van der Waals surface area contributed by atoms with Gasteiger partial charge in [-0.3, -0.25) is 4.79 Å². The first-order valence-electron chi connectivity index (χ1n) is 10.3. The molecule has 0 fully saturated rings. The lowest BCUT2D eigenvalue weighted by Crippen LogP contribution is -2.42. The summed E-state index contributed by atoms with van der Waals surface area (Å²) in [5, 5.41) is 3.46. The Balaban J connectivity index is 1.93. The molecule has 1 aromatic rings. The zero-order valence-corrected chi connectivity index (χ0v) is 18.8. The van der Waals surface area contributed by atoms with Crippen LogP contribution >= 0.6 is 0 Å². The minimum atomic E-state index is -3.27. The highest BCUT2D eigenvalue weighted by atomic mass is 32.2. The summed E-state index contributed by atoms with van der Waals surface area (Å²) in [7, 11) is 0.160. The van der Waals surface area contributed by atoms with E-state index < -0.39 is 9.84 Å². The highest BCUT2D eigenvalue weighted by Crippen LogP contribution is 2.43. The molecule has 0 amide bonds. The van der Waals surface area contributed by atoms with Crippen LogP contribution in [-0.2, 0) is 21.6 Å². The molecule has 0 bridgehead atoms. The standard InChI is InChI=1S/C22H29N3O4S/c1-14(7-10-29-3)25-12-15-11-16(13-30(4,27)28)17-6-9-24(2)22(26)20(17)21-19(15)18(25)5-8-23-21/h6,9,11-12,14,18,23H,5,7-8,10,13H2,1-4H3. The first-order valence-corrected chi connectivity index (χ1v) is 12.3. The number of hydrogen-bond acceptors (Lipinski definition) is 6. The van der Waals surface area contributed by atoms with Crippen LogP contribution in [0.25, 0.3) is 11.3 Å². The number of methoxy groups -OCH3 is 1. The van der Waals surface area contributed by atoms with Crippen molar-refractivity contribution in [3.8, 4) is 0 Å². The number of allylic oxidation sites excluding steroid dienone is 1. The van der Waals surface area contributed by atoms with Crippen molar-refractivity contribution in [2.24, 2.45) is 7.05 Å². The summed E-state index contributed by atoms with van der Waals surface area (Å²) in [4.78, 5) is 15.5. The second kappa shape index (κ2) is 7.74. The number of fused-ring (bicyclic) bond motifs is 2. The third-order valence-corrected chi connectivity index (χ3v) is 6.98. The van der Waals surface area contributed by atoms with Crippen LogP contribution in [-0.4, -0.2) is 62.2 Å². The number of aryl methyl sites for hydroxylation is 1. The van der Waals surface area contributed by atoms with E-state index in [2.05, 4.69) is 23.3 Å². The molecule has 2 unspecified atom stereocenters. The summed E-state index contributed by atoms with van der Waals surface area (Å²) in [6.07, 6.45) is 8.85. The van der Waals surface area contributed by atoms with Crippen LogP contribution in [0.1, 0.15) is 30.9 Å². The second-order valence-electron chi connectivity index (χ2n) is 8.44. The van der Waals surface area contributed by atoms with Crippen LogP contribution in [0.4, 0.5) is 0 Å². The van der Waals surface area contributed by atoms with Gasteiger partial charge >= 0.3 is 0 Å². The average molecular weight is 432 g/mol. The molecule has 4 rings (SSSR count). The van der Waals surface area contributed by atoms with Gasteiger partial charge in [0.05, 0.1) is 23.1 Å². The van der Waals surface area contributed by atoms with Gasteiger partial charge in [-0.2, -0.15) is 0 Å². The molecular weight excluding hydrogens is 402 g/mol. The Morgan fingerprint density at radius 1 is 1.37 bits per heavy atom. The minimum absolute atomic E-state index is 0.102. The van der Waals surface area contributed by atoms with Crippen molar-refractivity contribution < 1.29 is 13.2 Å².